The van der Waals surface area contributed by atoms with E-state index in [0.29, 0.717) is 11.6 Å². The second-order valence-electron chi connectivity index (χ2n) is 3.46. The molecule has 0 spiro atoms. The Kier molecular flexibility index (Phi) is 3.02. The minimum Gasteiger partial charge on any atom is -0.356 e. The molecule has 2 rings (SSSR count). The van der Waals surface area contributed by atoms with Crippen LogP contribution in [0.4, 0.5) is 5.69 Å². The molecule has 0 saturated carbocycles. The number of nitrogens with one attached hydrogen (secondary N) is 1. The highest BCUT2D eigenvalue weighted by Gasteiger charge is 2.10. The molecule has 0 aromatic carbocycles. The van der Waals surface area contributed by atoms with Crippen molar-refractivity contribution < 1.29 is 4.79 Å². The normalized spacial score (nSPS) is 16.1. The van der Waals surface area contributed by atoms with Gasteiger partial charge in [0.05, 0.1) is 5.69 Å². The third kappa shape index (κ3) is 2.57. The van der Waals surface area contributed by atoms with Crippen molar-refractivity contribution in [1.29, 1.82) is 0 Å². The summed E-state index contributed by atoms with van der Waals surface area (Å²) in [5.41, 5.74) is 1.67. The smallest absolute Gasteiger partial charge is 0.157 e. The molecule has 0 saturated heterocycles. The van der Waals surface area contributed by atoms with Gasteiger partial charge in [-0.25, -0.2) is 4.98 Å². The van der Waals surface area contributed by atoms with Crippen molar-refractivity contribution in [3.63, 3.8) is 0 Å². The number of hydrogen-bond acceptors (Lipinski definition) is 3. The van der Waals surface area contributed by atoms with Crippen molar-refractivity contribution in [2.24, 2.45) is 0 Å². The van der Waals surface area contributed by atoms with Crippen LogP contribution in [-0.2, 0) is 4.79 Å². The lowest BCUT2D eigenvalue weighted by Gasteiger charge is -2.14. The molecule has 1 aliphatic rings. The van der Waals surface area contributed by atoms with E-state index in [9.17, 15) is 4.79 Å². The number of carbonyl (C=O) groups excluding carboxylic acids is 1. The van der Waals surface area contributed by atoms with Gasteiger partial charge in [-0.05, 0) is 25.0 Å². The number of carbonyl (C=O) groups is 1. The number of anilines is 1. The van der Waals surface area contributed by atoms with E-state index >= 15 is 0 Å². The van der Waals surface area contributed by atoms with Crippen molar-refractivity contribution in [3.8, 4) is 0 Å². The highest BCUT2D eigenvalue weighted by molar-refractivity contribution is 6.32. The molecule has 1 aromatic rings. The number of aromatic nitrogens is 1. The van der Waals surface area contributed by atoms with Gasteiger partial charge in [0.15, 0.2) is 10.9 Å². The molecule has 3 nitrogen and oxygen atoms in total. The summed E-state index contributed by atoms with van der Waals surface area (Å²) >= 11 is 5.89. The fourth-order valence-electron chi connectivity index (χ4n) is 1.54. The van der Waals surface area contributed by atoms with Crippen molar-refractivity contribution in [3.05, 3.63) is 35.3 Å². The third-order valence-electron chi connectivity index (χ3n) is 2.26. The Morgan fingerprint density at radius 2 is 2.27 bits per heavy atom. The average molecular weight is 223 g/mol. The molecule has 15 heavy (non-hydrogen) atoms. The maximum absolute atomic E-state index is 11.2. The van der Waals surface area contributed by atoms with Crippen LogP contribution in [-0.4, -0.2) is 10.8 Å². The van der Waals surface area contributed by atoms with E-state index in [-0.39, 0.29) is 5.78 Å². The number of ketones is 1. The monoisotopic (exact) mass is 222 g/mol. The van der Waals surface area contributed by atoms with Crippen molar-refractivity contribution >= 4 is 23.1 Å². The van der Waals surface area contributed by atoms with Crippen LogP contribution in [0.25, 0.3) is 0 Å². The summed E-state index contributed by atoms with van der Waals surface area (Å²) in [6.07, 6.45) is 5.71. The highest BCUT2D eigenvalue weighted by Crippen LogP contribution is 2.23. The summed E-state index contributed by atoms with van der Waals surface area (Å²) in [7, 11) is 0. The number of pyridine rings is 1. The van der Waals surface area contributed by atoms with Crippen molar-refractivity contribution in [2.75, 3.05) is 5.32 Å². The summed E-state index contributed by atoms with van der Waals surface area (Å²) in [4.78, 5) is 15.1. The lowest BCUT2D eigenvalue weighted by molar-refractivity contribution is -0.115. The van der Waals surface area contributed by atoms with Crippen LogP contribution in [0, 0.1) is 0 Å². The van der Waals surface area contributed by atoms with Gasteiger partial charge < -0.3 is 5.32 Å². The molecule has 1 aromatic heterocycles. The van der Waals surface area contributed by atoms with Crippen molar-refractivity contribution in [2.45, 2.75) is 19.3 Å². The number of nitrogens with zero attached hydrogens (tertiary/aromatic N) is 1. The Balaban J connectivity index is 2.15. The molecule has 0 fully saturated rings. The number of hydrogen-bond donors (Lipinski definition) is 1. The molecule has 0 amide bonds. The van der Waals surface area contributed by atoms with Crippen LogP contribution < -0.4 is 5.32 Å². The fourth-order valence-corrected chi connectivity index (χ4v) is 1.71. The maximum atomic E-state index is 11.2. The number of halogens is 1. The Morgan fingerprint density at radius 3 is 3.00 bits per heavy atom. The molecule has 1 aliphatic carbocycles. The first-order valence-corrected chi connectivity index (χ1v) is 5.24. The van der Waals surface area contributed by atoms with Gasteiger partial charge in [0, 0.05) is 24.4 Å². The second kappa shape index (κ2) is 4.45. The topological polar surface area (TPSA) is 42.0 Å². The first-order valence-electron chi connectivity index (χ1n) is 4.86. The first-order chi connectivity index (χ1) is 7.25. The first kappa shape index (κ1) is 10.2. The van der Waals surface area contributed by atoms with Crippen LogP contribution >= 0.6 is 11.6 Å². The van der Waals surface area contributed by atoms with Crippen LogP contribution in [0.5, 0.6) is 0 Å². The molecular weight excluding hydrogens is 212 g/mol. The largest absolute Gasteiger partial charge is 0.356 e. The Labute approximate surface area is 93.2 Å². The molecule has 1 heterocycles. The molecule has 78 valence electrons. The summed E-state index contributed by atoms with van der Waals surface area (Å²) in [6, 6.07) is 3.65. The van der Waals surface area contributed by atoms with E-state index < -0.39 is 0 Å². The van der Waals surface area contributed by atoms with Gasteiger partial charge in [-0.1, -0.05) is 11.6 Å². The van der Waals surface area contributed by atoms with E-state index in [1.807, 2.05) is 6.07 Å². The van der Waals surface area contributed by atoms with Gasteiger partial charge in [0.25, 0.3) is 0 Å². The van der Waals surface area contributed by atoms with Crippen LogP contribution in [0.15, 0.2) is 30.1 Å². The quantitative estimate of drug-likeness (QED) is 0.783. The average Bonchev–Trinajstić information content (AvgIpc) is 2.22. The van der Waals surface area contributed by atoms with Crippen LogP contribution in [0.1, 0.15) is 19.3 Å². The minimum atomic E-state index is 0.170. The van der Waals surface area contributed by atoms with E-state index in [1.165, 1.54) is 0 Å². The van der Waals surface area contributed by atoms with Crippen molar-refractivity contribution in [1.82, 2.24) is 4.98 Å². The molecule has 0 aliphatic heterocycles. The highest BCUT2D eigenvalue weighted by atomic mass is 35.5. The van der Waals surface area contributed by atoms with Gasteiger partial charge in [-0.15, -0.1) is 0 Å². The van der Waals surface area contributed by atoms with Gasteiger partial charge in [-0.3, -0.25) is 4.79 Å². The molecular formula is C11H11ClN2O. The summed E-state index contributed by atoms with van der Waals surface area (Å²) in [5, 5.41) is 3.55. The Bertz CT molecular complexity index is 415. The van der Waals surface area contributed by atoms with Gasteiger partial charge in [0.1, 0.15) is 0 Å². The van der Waals surface area contributed by atoms with Crippen LogP contribution in [0.3, 0.4) is 0 Å². The Morgan fingerprint density at radius 1 is 1.40 bits per heavy atom. The predicted molar refractivity (Wildman–Crippen MR) is 59.8 cm³/mol. The molecule has 1 N–H and O–H groups in total. The molecule has 4 heteroatoms. The van der Waals surface area contributed by atoms with Gasteiger partial charge in [-0.2, -0.15) is 0 Å². The lowest BCUT2D eigenvalue weighted by atomic mass is 10.0. The summed E-state index contributed by atoms with van der Waals surface area (Å²) in [6.45, 7) is 0. The van der Waals surface area contributed by atoms with E-state index in [2.05, 4.69) is 10.3 Å². The van der Waals surface area contributed by atoms with Gasteiger partial charge >= 0.3 is 0 Å². The number of rotatable bonds is 2. The molecule has 0 bridgehead atoms. The predicted octanol–water partition coefficient (Wildman–Crippen LogP) is 2.78. The maximum Gasteiger partial charge on any atom is 0.157 e. The zero-order chi connectivity index (χ0) is 10.7. The van der Waals surface area contributed by atoms with E-state index in [1.54, 1.807) is 18.3 Å². The third-order valence-corrected chi connectivity index (χ3v) is 2.56. The number of allylic oxidation sites excluding steroid dienone is 2. The second-order valence-corrected chi connectivity index (χ2v) is 3.81. The molecule has 0 radical (unpaired) electrons. The molecule has 0 atom stereocenters. The SMILES string of the molecule is O=C1C=C(Nc2cccnc2Cl)CCC1. The summed E-state index contributed by atoms with van der Waals surface area (Å²) < 4.78 is 0. The van der Waals surface area contributed by atoms with Gasteiger partial charge in [0.2, 0.25) is 0 Å². The van der Waals surface area contributed by atoms with E-state index in [4.69, 9.17) is 11.6 Å². The van der Waals surface area contributed by atoms with E-state index in [0.717, 1.165) is 24.2 Å². The Hall–Kier alpha value is -1.35. The summed E-state index contributed by atoms with van der Waals surface area (Å²) in [5.74, 6) is 0.170. The standard InChI is InChI=1S/C11H11ClN2O/c12-11-10(5-2-6-13-11)14-8-3-1-4-9(15)7-8/h2,5-7,14H,1,3-4H2. The zero-order valence-electron chi connectivity index (χ0n) is 8.16. The lowest BCUT2D eigenvalue weighted by Crippen LogP contribution is -2.09. The minimum absolute atomic E-state index is 0.170. The zero-order valence-corrected chi connectivity index (χ0v) is 8.92. The molecule has 0 unspecified atom stereocenters. The fraction of sp³-hybridized carbons (Fsp3) is 0.273. The van der Waals surface area contributed by atoms with Crippen LogP contribution in [0.2, 0.25) is 5.15 Å².